The standard InChI is InChI=1S/C15H18FNO3/c16-11-6-4-10(5-7-11)12-9-13(12)15(18)17-20-14-3-1-2-8-19-14/h4-7,12-14H,1-3,8-9H2,(H,17,18)/t12-,13+,14+/m0/s1. The summed E-state index contributed by atoms with van der Waals surface area (Å²) in [7, 11) is 0. The second-order valence-corrected chi connectivity index (χ2v) is 5.38. The van der Waals surface area contributed by atoms with Crippen molar-refractivity contribution >= 4 is 5.91 Å². The first kappa shape index (κ1) is 13.5. The molecule has 1 saturated carbocycles. The first-order valence-corrected chi connectivity index (χ1v) is 7.06. The summed E-state index contributed by atoms with van der Waals surface area (Å²) in [5.74, 6) is -0.280. The number of ether oxygens (including phenoxy) is 1. The third-order valence-corrected chi connectivity index (χ3v) is 3.85. The third-order valence-electron chi connectivity index (χ3n) is 3.85. The average molecular weight is 279 g/mol. The first-order valence-electron chi connectivity index (χ1n) is 7.06. The molecular formula is C15H18FNO3. The van der Waals surface area contributed by atoms with E-state index in [1.807, 2.05) is 0 Å². The molecule has 108 valence electrons. The van der Waals surface area contributed by atoms with Crippen molar-refractivity contribution < 1.29 is 18.8 Å². The van der Waals surface area contributed by atoms with Crippen molar-refractivity contribution in [1.29, 1.82) is 0 Å². The maximum Gasteiger partial charge on any atom is 0.247 e. The van der Waals surface area contributed by atoms with Gasteiger partial charge in [0.25, 0.3) is 0 Å². The van der Waals surface area contributed by atoms with E-state index in [1.165, 1.54) is 12.1 Å². The van der Waals surface area contributed by atoms with E-state index in [1.54, 1.807) is 12.1 Å². The molecule has 1 aromatic rings. The lowest BCUT2D eigenvalue weighted by Crippen LogP contribution is -2.34. The lowest BCUT2D eigenvalue weighted by Gasteiger charge is -2.22. The van der Waals surface area contributed by atoms with E-state index in [-0.39, 0.29) is 29.9 Å². The highest BCUT2D eigenvalue weighted by molar-refractivity contribution is 5.81. The number of rotatable bonds is 4. The summed E-state index contributed by atoms with van der Waals surface area (Å²) < 4.78 is 18.2. The van der Waals surface area contributed by atoms with Gasteiger partial charge >= 0.3 is 0 Å². The number of hydrogen-bond acceptors (Lipinski definition) is 3. The molecule has 1 aliphatic carbocycles. The van der Waals surface area contributed by atoms with Crippen molar-refractivity contribution in [2.24, 2.45) is 5.92 Å². The van der Waals surface area contributed by atoms with Gasteiger partial charge in [-0.2, -0.15) is 0 Å². The van der Waals surface area contributed by atoms with E-state index in [9.17, 15) is 9.18 Å². The van der Waals surface area contributed by atoms with Gasteiger partial charge in [-0.3, -0.25) is 4.79 Å². The fourth-order valence-electron chi connectivity index (χ4n) is 2.57. The minimum atomic E-state index is -0.323. The molecule has 2 aliphatic rings. The lowest BCUT2D eigenvalue weighted by atomic mass is 10.1. The molecule has 20 heavy (non-hydrogen) atoms. The van der Waals surface area contributed by atoms with Crippen LogP contribution in [0.2, 0.25) is 0 Å². The zero-order chi connectivity index (χ0) is 13.9. The topological polar surface area (TPSA) is 47.6 Å². The van der Waals surface area contributed by atoms with Crippen LogP contribution >= 0.6 is 0 Å². The van der Waals surface area contributed by atoms with E-state index in [2.05, 4.69) is 5.48 Å². The molecule has 3 rings (SSSR count). The highest BCUT2D eigenvalue weighted by Gasteiger charge is 2.44. The molecule has 0 radical (unpaired) electrons. The Hall–Kier alpha value is -1.46. The summed E-state index contributed by atoms with van der Waals surface area (Å²) in [6.45, 7) is 0.683. The minimum Gasteiger partial charge on any atom is -0.350 e. The number of hydrogen-bond donors (Lipinski definition) is 1. The quantitative estimate of drug-likeness (QED) is 0.861. The molecule has 4 nitrogen and oxygen atoms in total. The molecular weight excluding hydrogens is 261 g/mol. The number of carbonyl (C=O) groups excluding carboxylic acids is 1. The summed E-state index contributed by atoms with van der Waals surface area (Å²) in [6, 6.07) is 6.32. The van der Waals surface area contributed by atoms with Gasteiger partial charge in [0.2, 0.25) is 5.91 Å². The maximum atomic E-state index is 12.8. The van der Waals surface area contributed by atoms with Crippen LogP contribution in [-0.4, -0.2) is 18.8 Å². The molecule has 1 saturated heterocycles. The van der Waals surface area contributed by atoms with Crippen LogP contribution in [0.4, 0.5) is 4.39 Å². The Labute approximate surface area is 117 Å². The predicted octanol–water partition coefficient (Wildman–Crippen LogP) is 2.50. The van der Waals surface area contributed by atoms with Gasteiger partial charge in [0.05, 0.1) is 0 Å². The molecule has 5 heteroatoms. The summed E-state index contributed by atoms with van der Waals surface area (Å²) in [5, 5.41) is 0. The third kappa shape index (κ3) is 3.16. The Morgan fingerprint density at radius 2 is 2.10 bits per heavy atom. The Balaban J connectivity index is 1.46. The van der Waals surface area contributed by atoms with Crippen LogP contribution < -0.4 is 5.48 Å². The molecule has 1 heterocycles. The highest BCUT2D eigenvalue weighted by atomic mass is 19.1. The summed E-state index contributed by atoms with van der Waals surface area (Å²) in [5.41, 5.74) is 3.49. The average Bonchev–Trinajstić information content (AvgIpc) is 3.27. The van der Waals surface area contributed by atoms with Crippen LogP contribution in [-0.2, 0) is 14.4 Å². The van der Waals surface area contributed by atoms with Gasteiger partial charge in [0.1, 0.15) is 5.82 Å². The Bertz CT molecular complexity index is 471. The highest BCUT2D eigenvalue weighted by Crippen LogP contribution is 2.47. The Kier molecular flexibility index (Phi) is 3.98. The van der Waals surface area contributed by atoms with Crippen molar-refractivity contribution in [2.45, 2.75) is 37.9 Å². The SMILES string of the molecule is O=C(NO[C@@H]1CCCCO1)[C@@H]1C[C@H]1c1ccc(F)cc1. The van der Waals surface area contributed by atoms with Crippen LogP contribution in [0.1, 0.15) is 37.2 Å². The Morgan fingerprint density at radius 3 is 2.80 bits per heavy atom. The van der Waals surface area contributed by atoms with Crippen LogP contribution in [0.25, 0.3) is 0 Å². The number of benzene rings is 1. The second kappa shape index (κ2) is 5.89. The molecule has 0 spiro atoms. The van der Waals surface area contributed by atoms with Crippen LogP contribution in [0.5, 0.6) is 0 Å². The molecule has 1 amide bonds. The summed E-state index contributed by atoms with van der Waals surface area (Å²) in [6.07, 6.45) is 3.37. The van der Waals surface area contributed by atoms with Gasteiger partial charge in [-0.15, -0.1) is 0 Å². The zero-order valence-corrected chi connectivity index (χ0v) is 11.2. The van der Waals surface area contributed by atoms with Crippen LogP contribution in [0, 0.1) is 11.7 Å². The smallest absolute Gasteiger partial charge is 0.247 e. The van der Waals surface area contributed by atoms with Crippen LogP contribution in [0.3, 0.4) is 0 Å². The molecule has 1 aliphatic heterocycles. The van der Waals surface area contributed by atoms with Gasteiger partial charge in [-0.1, -0.05) is 12.1 Å². The fourth-order valence-corrected chi connectivity index (χ4v) is 2.57. The van der Waals surface area contributed by atoms with E-state index < -0.39 is 0 Å². The predicted molar refractivity (Wildman–Crippen MR) is 70.1 cm³/mol. The van der Waals surface area contributed by atoms with Gasteiger partial charge in [0.15, 0.2) is 6.29 Å². The molecule has 0 aromatic heterocycles. The van der Waals surface area contributed by atoms with Crippen molar-refractivity contribution in [1.82, 2.24) is 5.48 Å². The molecule has 0 unspecified atom stereocenters. The molecule has 3 atom stereocenters. The number of halogens is 1. The summed E-state index contributed by atoms with van der Waals surface area (Å²) >= 11 is 0. The molecule has 1 aromatic carbocycles. The van der Waals surface area contributed by atoms with Gasteiger partial charge in [0, 0.05) is 18.9 Å². The van der Waals surface area contributed by atoms with Crippen molar-refractivity contribution in [3.8, 4) is 0 Å². The number of hydroxylamine groups is 1. The number of amides is 1. The maximum absolute atomic E-state index is 12.8. The summed E-state index contributed by atoms with van der Waals surface area (Å²) in [4.78, 5) is 17.2. The van der Waals surface area contributed by atoms with Gasteiger partial charge in [-0.25, -0.2) is 14.7 Å². The molecule has 1 N–H and O–H groups in total. The molecule has 2 fully saturated rings. The van der Waals surface area contributed by atoms with E-state index in [0.29, 0.717) is 6.61 Å². The minimum absolute atomic E-state index is 0.0796. The van der Waals surface area contributed by atoms with Gasteiger partial charge in [-0.05, 0) is 42.9 Å². The lowest BCUT2D eigenvalue weighted by molar-refractivity contribution is -0.201. The van der Waals surface area contributed by atoms with E-state index in [0.717, 1.165) is 31.2 Å². The monoisotopic (exact) mass is 279 g/mol. The second-order valence-electron chi connectivity index (χ2n) is 5.38. The Morgan fingerprint density at radius 1 is 1.30 bits per heavy atom. The van der Waals surface area contributed by atoms with Crippen molar-refractivity contribution in [3.05, 3.63) is 35.6 Å². The largest absolute Gasteiger partial charge is 0.350 e. The van der Waals surface area contributed by atoms with Crippen molar-refractivity contribution in [2.75, 3.05) is 6.61 Å². The van der Waals surface area contributed by atoms with Crippen LogP contribution in [0.15, 0.2) is 24.3 Å². The van der Waals surface area contributed by atoms with E-state index >= 15 is 0 Å². The first-order chi connectivity index (χ1) is 9.74. The number of nitrogens with one attached hydrogen (secondary N) is 1. The normalized spacial score (nSPS) is 28.9. The van der Waals surface area contributed by atoms with E-state index in [4.69, 9.17) is 9.57 Å². The van der Waals surface area contributed by atoms with Gasteiger partial charge < -0.3 is 4.74 Å². The van der Waals surface area contributed by atoms with Crippen molar-refractivity contribution in [3.63, 3.8) is 0 Å². The zero-order valence-electron chi connectivity index (χ0n) is 11.2. The molecule has 0 bridgehead atoms. The fraction of sp³-hybridized carbons (Fsp3) is 0.533. The number of carbonyl (C=O) groups is 1.